The molecule has 4 aromatic rings. The lowest BCUT2D eigenvalue weighted by Crippen LogP contribution is -2.31. The van der Waals surface area contributed by atoms with Crippen molar-refractivity contribution in [2.45, 2.75) is 70.9 Å². The van der Waals surface area contributed by atoms with Crippen LogP contribution in [0.2, 0.25) is 0 Å². The lowest BCUT2D eigenvalue weighted by atomic mass is 9.93. The Labute approximate surface area is 283 Å². The van der Waals surface area contributed by atoms with Crippen LogP contribution in [0.1, 0.15) is 67.4 Å². The van der Waals surface area contributed by atoms with Crippen molar-refractivity contribution in [2.24, 2.45) is 0 Å². The van der Waals surface area contributed by atoms with E-state index in [2.05, 4.69) is 6.92 Å². The number of rotatable bonds is 13. The normalized spacial score (nSPS) is 14.9. The molecule has 0 aromatic heterocycles. The topological polar surface area (TPSA) is 147 Å². The molecule has 0 amide bonds. The summed E-state index contributed by atoms with van der Waals surface area (Å²) in [5, 5.41) is 21.6. The fraction of sp³-hybridized carbons (Fsp3) is 0.289. The van der Waals surface area contributed by atoms with Crippen molar-refractivity contribution in [1.82, 2.24) is 0 Å². The van der Waals surface area contributed by atoms with Gasteiger partial charge in [-0.1, -0.05) is 92.9 Å². The second-order valence-electron chi connectivity index (χ2n) is 11.5. The minimum absolute atomic E-state index is 0.0259. The van der Waals surface area contributed by atoms with Gasteiger partial charge in [0, 0.05) is 30.5 Å². The Morgan fingerprint density at radius 1 is 0.735 bits per heavy atom. The lowest BCUT2D eigenvalue weighted by Gasteiger charge is -2.32. The van der Waals surface area contributed by atoms with Gasteiger partial charge in [-0.15, -0.1) is 0 Å². The number of carbonyl (C=O) groups excluding carboxylic acids is 3. The van der Waals surface area contributed by atoms with E-state index in [-0.39, 0.29) is 54.8 Å². The summed E-state index contributed by atoms with van der Waals surface area (Å²) in [5.41, 5.74) is 2.25. The molecule has 0 radical (unpaired) electrons. The molecule has 0 saturated heterocycles. The van der Waals surface area contributed by atoms with E-state index < -0.39 is 30.5 Å². The smallest absolute Gasteiger partial charge is 0.508 e. The van der Waals surface area contributed by atoms with Crippen LogP contribution in [0.3, 0.4) is 0 Å². The molecule has 11 heteroatoms. The Balaban J connectivity index is 1.34. The number of aliphatic hydroxyl groups is 1. The van der Waals surface area contributed by atoms with Crippen molar-refractivity contribution in [3.8, 4) is 28.7 Å². The maximum atomic E-state index is 12.7. The molecule has 11 nitrogen and oxygen atoms in total. The average Bonchev–Trinajstić information content (AvgIpc) is 3.10. The van der Waals surface area contributed by atoms with Gasteiger partial charge in [0.25, 0.3) is 0 Å². The highest BCUT2D eigenvalue weighted by Crippen LogP contribution is 2.44. The molecule has 0 saturated carbocycles. The molecule has 0 unspecified atom stereocenters. The Kier molecular flexibility index (Phi) is 12.1. The van der Waals surface area contributed by atoms with E-state index in [1.807, 2.05) is 12.1 Å². The van der Waals surface area contributed by atoms with Gasteiger partial charge in [-0.05, 0) is 35.2 Å². The zero-order valence-electron chi connectivity index (χ0n) is 27.0. The summed E-state index contributed by atoms with van der Waals surface area (Å²) >= 11 is 0. The van der Waals surface area contributed by atoms with Gasteiger partial charge in [-0.3, -0.25) is 4.79 Å². The Bertz CT molecular complexity index is 1720. The Morgan fingerprint density at radius 3 is 2.00 bits per heavy atom. The number of phenolic OH excluding ortho intramolecular Hbond substituents is 1. The number of aromatic hydroxyl groups is 1. The third kappa shape index (κ3) is 9.97. The molecule has 49 heavy (non-hydrogen) atoms. The number of benzene rings is 4. The molecule has 2 atom stereocenters. The third-order valence-corrected chi connectivity index (χ3v) is 7.71. The van der Waals surface area contributed by atoms with Crippen molar-refractivity contribution in [3.63, 3.8) is 0 Å². The largest absolute Gasteiger partial charge is 0.514 e. The highest BCUT2D eigenvalue weighted by atomic mass is 16.7. The van der Waals surface area contributed by atoms with Gasteiger partial charge >= 0.3 is 18.3 Å². The second-order valence-corrected chi connectivity index (χ2v) is 11.5. The van der Waals surface area contributed by atoms with E-state index in [1.165, 1.54) is 30.3 Å². The molecular formula is C38H38O11. The summed E-state index contributed by atoms with van der Waals surface area (Å²) in [6.07, 6.45) is -0.355. The SMILES string of the molecule is CCCCCCC(=O)Oc1cc(O)cc2c1C[C@@H](O)[C@@H](c1ccc(OC(=O)OCc3ccccc3)c(OC(=O)OCc3ccccc3)c1)O2. The highest BCUT2D eigenvalue weighted by molar-refractivity contribution is 5.74. The van der Waals surface area contributed by atoms with Gasteiger partial charge in [-0.2, -0.15) is 0 Å². The number of hydrogen-bond acceptors (Lipinski definition) is 11. The third-order valence-electron chi connectivity index (χ3n) is 7.71. The van der Waals surface area contributed by atoms with Crippen LogP contribution >= 0.6 is 0 Å². The van der Waals surface area contributed by atoms with Crippen LogP contribution < -0.4 is 18.9 Å². The standard InChI is InChI=1S/C38H38O11/c1-2-3-4-11-16-35(41)46-32-20-28(39)21-33-29(32)22-30(40)36(47-33)27-17-18-31(48-37(42)44-23-25-12-7-5-8-13-25)34(19-27)49-38(43)45-24-26-14-9-6-10-15-26/h5-10,12-15,17-21,30,36,39-40H,2-4,11,16,22-24H2,1H3/t30-,36-/m1/s1. The first kappa shape index (κ1) is 34.8. The van der Waals surface area contributed by atoms with Crippen molar-refractivity contribution in [1.29, 1.82) is 0 Å². The summed E-state index contributed by atoms with van der Waals surface area (Å²) in [7, 11) is 0. The van der Waals surface area contributed by atoms with Crippen molar-refractivity contribution in [2.75, 3.05) is 0 Å². The Morgan fingerprint density at radius 2 is 1.37 bits per heavy atom. The molecule has 2 N–H and O–H groups in total. The number of aliphatic hydroxyl groups excluding tert-OH is 1. The van der Waals surface area contributed by atoms with E-state index >= 15 is 0 Å². The average molecular weight is 671 g/mol. The minimum Gasteiger partial charge on any atom is -0.508 e. The van der Waals surface area contributed by atoms with Crippen LogP contribution in [0.4, 0.5) is 9.59 Å². The van der Waals surface area contributed by atoms with E-state index in [9.17, 15) is 24.6 Å². The zero-order valence-corrected chi connectivity index (χ0v) is 27.0. The predicted molar refractivity (Wildman–Crippen MR) is 177 cm³/mol. The number of fused-ring (bicyclic) bond motifs is 1. The molecule has 1 aliphatic heterocycles. The summed E-state index contributed by atoms with van der Waals surface area (Å²) in [5.74, 6) is -0.656. The molecular weight excluding hydrogens is 632 g/mol. The molecule has 0 aliphatic carbocycles. The van der Waals surface area contributed by atoms with Gasteiger partial charge in [-0.25, -0.2) is 9.59 Å². The second kappa shape index (κ2) is 17.0. The minimum atomic E-state index is -1.14. The van der Waals surface area contributed by atoms with Gasteiger partial charge in [0.05, 0.1) is 6.10 Å². The summed E-state index contributed by atoms with van der Waals surface area (Å²) in [6.45, 7) is 1.97. The number of phenols is 1. The first-order valence-corrected chi connectivity index (χ1v) is 16.1. The zero-order chi connectivity index (χ0) is 34.6. The van der Waals surface area contributed by atoms with Crippen molar-refractivity contribution in [3.05, 3.63) is 113 Å². The molecule has 0 fully saturated rings. The quantitative estimate of drug-likeness (QED) is 0.0623. The van der Waals surface area contributed by atoms with Crippen molar-refractivity contribution >= 4 is 18.3 Å². The number of unbranched alkanes of at least 4 members (excludes halogenated alkanes) is 3. The maximum Gasteiger partial charge on any atom is 0.514 e. The van der Waals surface area contributed by atoms with E-state index in [4.69, 9.17) is 28.4 Å². The van der Waals surface area contributed by atoms with Gasteiger partial charge < -0.3 is 38.6 Å². The molecule has 0 spiro atoms. The number of carbonyl (C=O) groups is 3. The number of hydrogen-bond donors (Lipinski definition) is 2. The van der Waals surface area contributed by atoms with Crippen LogP contribution in [-0.2, 0) is 33.9 Å². The molecule has 4 aromatic carbocycles. The molecule has 1 aliphatic rings. The van der Waals surface area contributed by atoms with E-state index in [0.717, 1.165) is 30.4 Å². The van der Waals surface area contributed by atoms with Crippen LogP contribution in [0.15, 0.2) is 91.0 Å². The highest BCUT2D eigenvalue weighted by Gasteiger charge is 2.34. The molecule has 0 bridgehead atoms. The van der Waals surface area contributed by atoms with Gasteiger partial charge in [0.2, 0.25) is 0 Å². The fourth-order valence-corrected chi connectivity index (χ4v) is 5.23. The monoisotopic (exact) mass is 670 g/mol. The van der Waals surface area contributed by atoms with Crippen LogP contribution in [-0.4, -0.2) is 34.6 Å². The molecule has 5 rings (SSSR count). The first-order chi connectivity index (χ1) is 23.8. The number of esters is 1. The molecule has 256 valence electrons. The van der Waals surface area contributed by atoms with Crippen molar-refractivity contribution < 1.29 is 53.0 Å². The first-order valence-electron chi connectivity index (χ1n) is 16.1. The van der Waals surface area contributed by atoms with Gasteiger partial charge in [0.1, 0.15) is 36.6 Å². The Hall–Kier alpha value is -5.55. The van der Waals surface area contributed by atoms with E-state index in [1.54, 1.807) is 48.5 Å². The van der Waals surface area contributed by atoms with Crippen LogP contribution in [0.5, 0.6) is 28.7 Å². The lowest BCUT2D eigenvalue weighted by molar-refractivity contribution is -0.134. The van der Waals surface area contributed by atoms with Crippen LogP contribution in [0.25, 0.3) is 0 Å². The maximum absolute atomic E-state index is 12.7. The predicted octanol–water partition coefficient (Wildman–Crippen LogP) is 7.74. The van der Waals surface area contributed by atoms with E-state index in [0.29, 0.717) is 17.5 Å². The van der Waals surface area contributed by atoms with Gasteiger partial charge in [0.15, 0.2) is 11.5 Å². The summed E-state index contributed by atoms with van der Waals surface area (Å²) < 4.78 is 33.0. The number of ether oxygens (including phenoxy) is 6. The fourth-order valence-electron chi connectivity index (χ4n) is 5.23. The summed E-state index contributed by atoms with van der Waals surface area (Å²) in [6, 6.07) is 25.0. The molecule has 1 heterocycles. The van der Waals surface area contributed by atoms with Crippen LogP contribution in [0, 0.1) is 0 Å². The summed E-state index contributed by atoms with van der Waals surface area (Å²) in [4.78, 5) is 37.9.